The Kier molecular flexibility index (Phi) is 6.61. The number of carbonyl (C=O) groups excluding carboxylic acids is 1. The SMILES string of the molecule is O=C(Nc1cc(OC[C@@H](O)CO)ccn1)N1c2nc(-c3cccc(C(F)(F)F)c3)ccc2N2CC[C@@H]1C2. The number of anilines is 3. The molecule has 9 nitrogen and oxygen atoms in total. The number of rotatable bonds is 6. The first-order valence-corrected chi connectivity index (χ1v) is 11.6. The topological polar surface area (TPSA) is 111 Å². The maximum absolute atomic E-state index is 13.4. The van der Waals surface area contributed by atoms with E-state index in [2.05, 4.69) is 20.2 Å². The van der Waals surface area contributed by atoms with E-state index in [-0.39, 0.29) is 18.5 Å². The molecule has 0 unspecified atom stereocenters. The van der Waals surface area contributed by atoms with Gasteiger partial charge in [-0.05, 0) is 36.8 Å². The van der Waals surface area contributed by atoms with Crippen LogP contribution in [0.1, 0.15) is 12.0 Å². The molecule has 3 aromatic rings. The second-order valence-corrected chi connectivity index (χ2v) is 8.83. The zero-order chi connectivity index (χ0) is 26.2. The molecule has 5 rings (SSSR count). The van der Waals surface area contributed by atoms with E-state index in [4.69, 9.17) is 9.84 Å². The maximum atomic E-state index is 13.4. The molecule has 0 saturated carbocycles. The summed E-state index contributed by atoms with van der Waals surface area (Å²) in [6.45, 7) is 0.756. The third-order valence-electron chi connectivity index (χ3n) is 6.28. The minimum Gasteiger partial charge on any atom is -0.491 e. The third kappa shape index (κ3) is 5.16. The number of carbonyl (C=O) groups is 1. The molecule has 1 fully saturated rings. The summed E-state index contributed by atoms with van der Waals surface area (Å²) in [5.41, 5.74) is 0.564. The van der Waals surface area contributed by atoms with Crippen LogP contribution in [0.2, 0.25) is 0 Å². The number of ether oxygens (including phenoxy) is 1. The van der Waals surface area contributed by atoms with Crippen LogP contribution in [0.3, 0.4) is 0 Å². The van der Waals surface area contributed by atoms with Gasteiger partial charge in [-0.3, -0.25) is 10.2 Å². The minimum atomic E-state index is -4.48. The fourth-order valence-corrected chi connectivity index (χ4v) is 4.47. The summed E-state index contributed by atoms with van der Waals surface area (Å²) in [7, 11) is 0. The fraction of sp³-hybridized carbons (Fsp3) is 0.320. The average molecular weight is 515 g/mol. The van der Waals surface area contributed by atoms with Gasteiger partial charge in [-0.15, -0.1) is 0 Å². The number of urea groups is 1. The Morgan fingerprint density at radius 2 is 2.05 bits per heavy atom. The van der Waals surface area contributed by atoms with Crippen LogP contribution in [-0.4, -0.2) is 64.7 Å². The normalized spacial score (nSPS) is 17.4. The van der Waals surface area contributed by atoms with Crippen LogP contribution in [-0.2, 0) is 6.18 Å². The van der Waals surface area contributed by atoms with Gasteiger partial charge < -0.3 is 19.8 Å². The van der Waals surface area contributed by atoms with Crippen LogP contribution < -0.4 is 19.9 Å². The van der Waals surface area contributed by atoms with Crippen molar-refractivity contribution in [2.24, 2.45) is 0 Å². The van der Waals surface area contributed by atoms with Crippen molar-refractivity contribution in [1.82, 2.24) is 9.97 Å². The Morgan fingerprint density at radius 1 is 1.22 bits per heavy atom. The number of hydrogen-bond acceptors (Lipinski definition) is 7. The molecule has 4 heterocycles. The Labute approximate surface area is 210 Å². The lowest BCUT2D eigenvalue weighted by Crippen LogP contribution is -2.48. The summed E-state index contributed by atoms with van der Waals surface area (Å²) in [5, 5.41) is 21.2. The number of alkyl halides is 3. The number of fused-ring (bicyclic) bond motifs is 4. The molecule has 12 heteroatoms. The van der Waals surface area contributed by atoms with Crippen molar-refractivity contribution in [2.45, 2.75) is 24.7 Å². The standard InChI is InChI=1S/C25H24F3N5O4/c26-25(27,28)16-3-1-2-15(10-16)20-4-5-21-23(30-20)33(17-7-9-32(21)12-17)24(36)31-22-11-19(6-8-29-22)37-14-18(35)13-34/h1-6,8,10-11,17-18,34-35H,7,9,12-14H2,(H,29,31,36)/t17-,18+/m1/s1. The molecule has 2 aliphatic rings. The van der Waals surface area contributed by atoms with Crippen LogP contribution in [0.4, 0.5) is 35.3 Å². The van der Waals surface area contributed by atoms with Crippen LogP contribution >= 0.6 is 0 Å². The number of nitrogens with one attached hydrogen (secondary N) is 1. The molecule has 2 aliphatic heterocycles. The van der Waals surface area contributed by atoms with Gasteiger partial charge in [0.05, 0.1) is 29.6 Å². The molecule has 2 aromatic heterocycles. The average Bonchev–Trinajstić information content (AvgIpc) is 3.31. The first-order valence-electron chi connectivity index (χ1n) is 11.6. The molecule has 3 N–H and O–H groups in total. The molecular weight excluding hydrogens is 491 g/mol. The summed E-state index contributed by atoms with van der Waals surface area (Å²) in [6.07, 6.45) is -3.39. The van der Waals surface area contributed by atoms with Gasteiger partial charge in [0.1, 0.15) is 24.3 Å². The van der Waals surface area contributed by atoms with Gasteiger partial charge in [0.2, 0.25) is 0 Å². The largest absolute Gasteiger partial charge is 0.491 e. The number of nitrogens with zero attached hydrogens (tertiary/aromatic N) is 4. The number of benzene rings is 1. The maximum Gasteiger partial charge on any atom is 0.416 e. The smallest absolute Gasteiger partial charge is 0.416 e. The van der Waals surface area contributed by atoms with Gasteiger partial charge >= 0.3 is 12.2 Å². The van der Waals surface area contributed by atoms with Crippen LogP contribution in [0.15, 0.2) is 54.7 Å². The van der Waals surface area contributed by atoms with Crippen LogP contribution in [0.25, 0.3) is 11.3 Å². The molecule has 1 aromatic carbocycles. The van der Waals surface area contributed by atoms with Gasteiger partial charge in [0.25, 0.3) is 0 Å². The predicted molar refractivity (Wildman–Crippen MR) is 130 cm³/mol. The number of aromatic nitrogens is 2. The Bertz CT molecular complexity index is 1310. The zero-order valence-corrected chi connectivity index (χ0v) is 19.5. The Balaban J connectivity index is 1.42. The summed E-state index contributed by atoms with van der Waals surface area (Å²) in [4.78, 5) is 25.8. The van der Waals surface area contributed by atoms with Crippen molar-refractivity contribution in [3.8, 4) is 17.0 Å². The molecule has 2 amide bonds. The van der Waals surface area contributed by atoms with E-state index in [0.29, 0.717) is 35.8 Å². The van der Waals surface area contributed by atoms with Crippen molar-refractivity contribution in [3.05, 3.63) is 60.3 Å². The van der Waals surface area contributed by atoms with Crippen molar-refractivity contribution in [3.63, 3.8) is 0 Å². The summed E-state index contributed by atoms with van der Waals surface area (Å²) >= 11 is 0. The highest BCUT2D eigenvalue weighted by Crippen LogP contribution is 2.41. The summed E-state index contributed by atoms with van der Waals surface area (Å²) < 4.78 is 45.2. The van der Waals surface area contributed by atoms with E-state index in [9.17, 15) is 23.1 Å². The van der Waals surface area contributed by atoms with Gasteiger partial charge in [-0.1, -0.05) is 12.1 Å². The van der Waals surface area contributed by atoms with E-state index >= 15 is 0 Å². The number of hydrogen-bond donors (Lipinski definition) is 3. The second-order valence-electron chi connectivity index (χ2n) is 8.83. The summed E-state index contributed by atoms with van der Waals surface area (Å²) in [5.74, 6) is 0.908. The fourth-order valence-electron chi connectivity index (χ4n) is 4.47. The molecule has 37 heavy (non-hydrogen) atoms. The Morgan fingerprint density at radius 3 is 2.84 bits per heavy atom. The molecule has 194 valence electrons. The number of pyridine rings is 2. The van der Waals surface area contributed by atoms with Crippen LogP contribution in [0, 0.1) is 0 Å². The van der Waals surface area contributed by atoms with Gasteiger partial charge in [-0.25, -0.2) is 14.8 Å². The molecule has 2 atom stereocenters. The molecule has 0 radical (unpaired) electrons. The highest BCUT2D eigenvalue weighted by Gasteiger charge is 2.40. The lowest BCUT2D eigenvalue weighted by Gasteiger charge is -2.35. The van der Waals surface area contributed by atoms with Crippen molar-refractivity contribution in [2.75, 3.05) is 41.4 Å². The molecule has 0 spiro atoms. The number of amides is 2. The first kappa shape index (κ1) is 24.8. The minimum absolute atomic E-state index is 0.131. The highest BCUT2D eigenvalue weighted by atomic mass is 19.4. The predicted octanol–water partition coefficient (Wildman–Crippen LogP) is 3.53. The quantitative estimate of drug-likeness (QED) is 0.461. The van der Waals surface area contributed by atoms with E-state index in [1.54, 1.807) is 24.3 Å². The van der Waals surface area contributed by atoms with E-state index < -0.39 is 30.5 Å². The Hall–Kier alpha value is -3.90. The van der Waals surface area contributed by atoms with Crippen molar-refractivity contribution in [1.29, 1.82) is 0 Å². The van der Waals surface area contributed by atoms with E-state index in [1.807, 2.05) is 0 Å². The molecule has 0 aliphatic carbocycles. The van der Waals surface area contributed by atoms with Crippen molar-refractivity contribution < 1.29 is 32.9 Å². The third-order valence-corrected chi connectivity index (χ3v) is 6.28. The monoisotopic (exact) mass is 515 g/mol. The number of aliphatic hydroxyl groups is 2. The lowest BCUT2D eigenvalue weighted by atomic mass is 10.1. The zero-order valence-electron chi connectivity index (χ0n) is 19.5. The van der Waals surface area contributed by atoms with Gasteiger partial charge in [-0.2, -0.15) is 13.2 Å². The highest BCUT2D eigenvalue weighted by molar-refractivity contribution is 6.04. The van der Waals surface area contributed by atoms with Crippen LogP contribution in [0.5, 0.6) is 5.75 Å². The van der Waals surface area contributed by atoms with E-state index in [1.165, 1.54) is 23.2 Å². The first-order chi connectivity index (χ1) is 17.7. The molecular formula is C25H24F3N5O4. The van der Waals surface area contributed by atoms with Gasteiger partial charge in [0.15, 0.2) is 5.82 Å². The molecule has 1 saturated heterocycles. The number of halogens is 3. The van der Waals surface area contributed by atoms with Gasteiger partial charge in [0, 0.05) is 30.9 Å². The van der Waals surface area contributed by atoms with E-state index in [0.717, 1.165) is 24.4 Å². The lowest BCUT2D eigenvalue weighted by molar-refractivity contribution is -0.137. The number of aliphatic hydroxyl groups excluding tert-OH is 2. The van der Waals surface area contributed by atoms with Crippen molar-refractivity contribution >= 4 is 23.4 Å². The second kappa shape index (κ2) is 9.87. The summed E-state index contributed by atoms with van der Waals surface area (Å²) in [6, 6.07) is 10.7. The molecule has 2 bridgehead atoms.